The van der Waals surface area contributed by atoms with Gasteiger partial charge in [0.2, 0.25) is 0 Å². The van der Waals surface area contributed by atoms with Crippen LogP contribution in [0.3, 0.4) is 0 Å². The van der Waals surface area contributed by atoms with Crippen molar-refractivity contribution in [2.24, 2.45) is 0 Å². The molecule has 1 saturated heterocycles. The van der Waals surface area contributed by atoms with Crippen molar-refractivity contribution in [2.75, 3.05) is 13.2 Å². The van der Waals surface area contributed by atoms with E-state index in [2.05, 4.69) is 18.7 Å². The molecular formula is C31H32F3NO3. The third kappa shape index (κ3) is 4.87. The number of allylic oxidation sites excluding steroid dienone is 1. The van der Waals surface area contributed by atoms with Gasteiger partial charge in [-0.05, 0) is 81.1 Å². The number of halogens is 3. The highest BCUT2D eigenvalue weighted by molar-refractivity contribution is 5.96. The van der Waals surface area contributed by atoms with E-state index in [-0.39, 0.29) is 22.4 Å². The first-order valence-corrected chi connectivity index (χ1v) is 13.0. The molecule has 2 heterocycles. The lowest BCUT2D eigenvalue weighted by atomic mass is 9.84. The van der Waals surface area contributed by atoms with Crippen LogP contribution < -0.4 is 9.47 Å². The lowest BCUT2D eigenvalue weighted by molar-refractivity contribution is 0.141. The van der Waals surface area contributed by atoms with Crippen LogP contribution in [-0.2, 0) is 0 Å². The highest BCUT2D eigenvalue weighted by atomic mass is 19.3. The second kappa shape index (κ2) is 10.7. The monoisotopic (exact) mass is 523 g/mol. The molecule has 0 bridgehead atoms. The number of ether oxygens (including phenoxy) is 2. The Balaban J connectivity index is 1.48. The zero-order valence-electron chi connectivity index (χ0n) is 21.8. The molecule has 3 aromatic rings. The van der Waals surface area contributed by atoms with Crippen molar-refractivity contribution < 1.29 is 27.8 Å². The van der Waals surface area contributed by atoms with Crippen LogP contribution in [0.4, 0.5) is 13.2 Å². The molecule has 0 spiro atoms. The Bertz CT molecular complexity index is 1340. The van der Waals surface area contributed by atoms with Gasteiger partial charge in [-0.1, -0.05) is 36.4 Å². The molecule has 4 nitrogen and oxygen atoms in total. The Morgan fingerprint density at radius 2 is 1.82 bits per heavy atom. The van der Waals surface area contributed by atoms with Crippen molar-refractivity contribution in [3.05, 3.63) is 88.7 Å². The third-order valence-corrected chi connectivity index (χ3v) is 7.70. The van der Waals surface area contributed by atoms with Gasteiger partial charge in [0.05, 0.1) is 5.56 Å². The molecule has 1 fully saturated rings. The number of fused-ring (bicyclic) bond motifs is 1. The highest BCUT2D eigenvalue weighted by Gasteiger charge is 2.34. The van der Waals surface area contributed by atoms with Gasteiger partial charge in [-0.15, -0.1) is 0 Å². The molecule has 0 amide bonds. The number of aromatic hydroxyl groups is 1. The molecule has 3 aromatic carbocycles. The van der Waals surface area contributed by atoms with Gasteiger partial charge in [-0.25, -0.2) is 13.2 Å². The summed E-state index contributed by atoms with van der Waals surface area (Å²) in [5, 5.41) is 9.99. The number of phenolic OH excluding ortho intramolecular Hbond substituents is 1. The molecule has 3 atom stereocenters. The van der Waals surface area contributed by atoms with Gasteiger partial charge in [0, 0.05) is 23.2 Å². The van der Waals surface area contributed by atoms with Gasteiger partial charge in [0.1, 0.15) is 24.2 Å². The van der Waals surface area contributed by atoms with Crippen molar-refractivity contribution in [2.45, 2.75) is 58.2 Å². The molecule has 200 valence electrons. The first kappa shape index (κ1) is 26.2. The van der Waals surface area contributed by atoms with E-state index < -0.39 is 24.1 Å². The van der Waals surface area contributed by atoms with Crippen LogP contribution in [0.25, 0.3) is 11.1 Å². The van der Waals surface area contributed by atoms with Crippen molar-refractivity contribution in [3.8, 4) is 17.2 Å². The van der Waals surface area contributed by atoms with Gasteiger partial charge in [-0.2, -0.15) is 0 Å². The Hall–Kier alpha value is -3.45. The van der Waals surface area contributed by atoms with E-state index in [1.54, 1.807) is 25.1 Å². The summed E-state index contributed by atoms with van der Waals surface area (Å²) in [4.78, 5) is 2.46. The Morgan fingerprint density at radius 1 is 1.08 bits per heavy atom. The maximum atomic E-state index is 15.0. The lowest BCUT2D eigenvalue weighted by Crippen LogP contribution is -2.39. The molecule has 0 saturated carbocycles. The van der Waals surface area contributed by atoms with Gasteiger partial charge in [0.15, 0.2) is 11.6 Å². The number of nitrogens with zero attached hydrogens (tertiary/aromatic N) is 1. The number of benzene rings is 3. The summed E-state index contributed by atoms with van der Waals surface area (Å²) < 4.78 is 55.4. The Morgan fingerprint density at radius 3 is 2.50 bits per heavy atom. The predicted molar refractivity (Wildman–Crippen MR) is 142 cm³/mol. The molecule has 0 aliphatic carbocycles. The number of phenols is 1. The van der Waals surface area contributed by atoms with E-state index in [1.807, 2.05) is 24.3 Å². The van der Waals surface area contributed by atoms with E-state index in [0.717, 1.165) is 12.1 Å². The molecule has 1 unspecified atom stereocenters. The maximum Gasteiger partial charge on any atom is 0.264 e. The summed E-state index contributed by atoms with van der Waals surface area (Å²) in [5.74, 6) is -0.411. The topological polar surface area (TPSA) is 41.9 Å². The van der Waals surface area contributed by atoms with Crippen molar-refractivity contribution >= 4 is 11.1 Å². The molecule has 1 N–H and O–H groups in total. The molecule has 2 aliphatic rings. The third-order valence-electron chi connectivity index (χ3n) is 7.70. The van der Waals surface area contributed by atoms with Gasteiger partial charge in [0.25, 0.3) is 6.43 Å². The van der Waals surface area contributed by atoms with Crippen LogP contribution in [0.2, 0.25) is 0 Å². The fourth-order valence-electron chi connectivity index (χ4n) is 5.68. The normalized spacial score (nSPS) is 20.4. The number of hydrogen-bond donors (Lipinski definition) is 1. The average Bonchev–Trinajstić information content (AvgIpc) is 3.35. The van der Waals surface area contributed by atoms with E-state index in [9.17, 15) is 13.9 Å². The largest absolute Gasteiger partial charge is 0.505 e. The SMILES string of the molecule is CC1=C(c2ccccc2C(F)F)C(c2ccc(OC[C@H](C)N3CCC[C@H]3C)cc2)Oc2ccc(O)c(F)c21. The second-order valence-electron chi connectivity index (χ2n) is 10.2. The van der Waals surface area contributed by atoms with Gasteiger partial charge >= 0.3 is 0 Å². The van der Waals surface area contributed by atoms with E-state index >= 15 is 4.39 Å². The summed E-state index contributed by atoms with van der Waals surface area (Å²) in [6, 6.07) is 17.2. The smallest absolute Gasteiger partial charge is 0.264 e. The molecule has 5 rings (SSSR count). The highest BCUT2D eigenvalue weighted by Crippen LogP contribution is 2.50. The quantitative estimate of drug-likeness (QED) is 0.343. The van der Waals surface area contributed by atoms with Crippen LogP contribution >= 0.6 is 0 Å². The number of likely N-dealkylation sites (tertiary alicyclic amines) is 1. The number of rotatable bonds is 7. The molecule has 7 heteroatoms. The molecule has 38 heavy (non-hydrogen) atoms. The molecular weight excluding hydrogens is 491 g/mol. The fourth-order valence-corrected chi connectivity index (χ4v) is 5.68. The minimum atomic E-state index is -2.72. The van der Waals surface area contributed by atoms with E-state index in [1.165, 1.54) is 31.0 Å². The minimum Gasteiger partial charge on any atom is -0.505 e. The van der Waals surface area contributed by atoms with Crippen LogP contribution in [-0.4, -0.2) is 35.2 Å². The minimum absolute atomic E-state index is 0.0744. The van der Waals surface area contributed by atoms with Crippen molar-refractivity contribution in [3.63, 3.8) is 0 Å². The first-order chi connectivity index (χ1) is 18.3. The standard InChI is InChI=1S/C31H32F3NO3/c1-18-7-6-16-35(18)19(2)17-37-22-12-10-21(11-13-22)30-27(23-8-4-5-9-24(23)31(33)34)20(3)28-26(38-30)15-14-25(36)29(28)32/h4-5,8-15,18-19,30-31,36H,6-7,16-17H2,1-3H3/t18-,19+,30?/m1/s1. The summed E-state index contributed by atoms with van der Waals surface area (Å²) in [5.41, 5.74) is 1.79. The van der Waals surface area contributed by atoms with Gasteiger partial charge < -0.3 is 14.6 Å². The fraction of sp³-hybridized carbons (Fsp3) is 0.355. The summed E-state index contributed by atoms with van der Waals surface area (Å²) >= 11 is 0. The Labute approximate surface area is 221 Å². The molecule has 0 radical (unpaired) electrons. The van der Waals surface area contributed by atoms with Gasteiger partial charge in [-0.3, -0.25) is 4.90 Å². The van der Waals surface area contributed by atoms with Crippen LogP contribution in [0, 0.1) is 5.82 Å². The number of alkyl halides is 2. The van der Waals surface area contributed by atoms with E-state index in [0.29, 0.717) is 35.6 Å². The molecule has 2 aliphatic heterocycles. The van der Waals surface area contributed by atoms with Crippen LogP contribution in [0.1, 0.15) is 68.4 Å². The van der Waals surface area contributed by atoms with Crippen molar-refractivity contribution in [1.29, 1.82) is 0 Å². The molecule has 0 aromatic heterocycles. The maximum absolute atomic E-state index is 15.0. The average molecular weight is 524 g/mol. The summed E-state index contributed by atoms with van der Waals surface area (Å²) in [6.45, 7) is 7.73. The predicted octanol–water partition coefficient (Wildman–Crippen LogP) is 7.78. The van der Waals surface area contributed by atoms with Crippen LogP contribution in [0.15, 0.2) is 60.7 Å². The summed E-state index contributed by atoms with van der Waals surface area (Å²) in [6.07, 6.45) is -1.07. The zero-order valence-corrected chi connectivity index (χ0v) is 21.8. The first-order valence-electron chi connectivity index (χ1n) is 13.0. The van der Waals surface area contributed by atoms with Crippen LogP contribution in [0.5, 0.6) is 17.2 Å². The lowest BCUT2D eigenvalue weighted by Gasteiger charge is -2.32. The van der Waals surface area contributed by atoms with Crippen molar-refractivity contribution in [1.82, 2.24) is 4.90 Å². The zero-order chi connectivity index (χ0) is 27.0. The van der Waals surface area contributed by atoms with E-state index in [4.69, 9.17) is 9.47 Å². The summed E-state index contributed by atoms with van der Waals surface area (Å²) in [7, 11) is 0. The second-order valence-corrected chi connectivity index (χ2v) is 10.2. The number of hydrogen-bond acceptors (Lipinski definition) is 4. The Kier molecular flexibility index (Phi) is 7.39.